The Bertz CT molecular complexity index is 345. The van der Waals surface area contributed by atoms with Crippen LogP contribution in [0.2, 0.25) is 5.02 Å². The largest absolute Gasteiger partial charge is 0.386 e. The van der Waals surface area contributed by atoms with Gasteiger partial charge in [-0.25, -0.2) is 0 Å². The highest BCUT2D eigenvalue weighted by Gasteiger charge is 2.10. The Labute approximate surface area is 88.5 Å². The quantitative estimate of drug-likeness (QED) is 0.834. The summed E-state index contributed by atoms with van der Waals surface area (Å²) in [5, 5.41) is 9.72. The van der Waals surface area contributed by atoms with Crippen molar-refractivity contribution in [3.8, 4) is 0 Å². The van der Waals surface area contributed by atoms with Crippen LogP contribution in [0.5, 0.6) is 0 Å². The molecule has 76 valence electrons. The van der Waals surface area contributed by atoms with Gasteiger partial charge in [0.05, 0.1) is 0 Å². The van der Waals surface area contributed by atoms with Gasteiger partial charge in [-0.3, -0.25) is 4.79 Å². The van der Waals surface area contributed by atoms with Crippen molar-refractivity contribution < 1.29 is 9.90 Å². The van der Waals surface area contributed by atoms with Gasteiger partial charge in [0.15, 0.2) is 5.78 Å². The third kappa shape index (κ3) is 2.82. The molecule has 0 spiro atoms. The van der Waals surface area contributed by atoms with Gasteiger partial charge in [-0.15, -0.1) is 0 Å². The summed E-state index contributed by atoms with van der Waals surface area (Å²) < 4.78 is 0. The smallest absolute Gasteiger partial charge is 0.165 e. The van der Waals surface area contributed by atoms with Gasteiger partial charge >= 0.3 is 0 Å². The molecule has 14 heavy (non-hydrogen) atoms. The van der Waals surface area contributed by atoms with Crippen LogP contribution in [0.15, 0.2) is 18.2 Å². The Hall–Kier alpha value is -0.860. The second-order valence-electron chi connectivity index (χ2n) is 3.40. The van der Waals surface area contributed by atoms with Crippen LogP contribution < -0.4 is 0 Å². The number of halogens is 1. The van der Waals surface area contributed by atoms with E-state index in [-0.39, 0.29) is 12.2 Å². The normalized spacial score (nSPS) is 12.6. The minimum atomic E-state index is -0.897. The Balaban J connectivity index is 2.78. The van der Waals surface area contributed by atoms with E-state index in [0.717, 1.165) is 11.1 Å². The molecule has 1 rings (SSSR count). The highest BCUT2D eigenvalue weighted by atomic mass is 35.5. The first-order chi connectivity index (χ1) is 6.50. The van der Waals surface area contributed by atoms with Crippen molar-refractivity contribution in [1.29, 1.82) is 0 Å². The minimum absolute atomic E-state index is 0.174. The lowest BCUT2D eigenvalue weighted by molar-refractivity contribution is -0.125. The second kappa shape index (κ2) is 4.58. The van der Waals surface area contributed by atoms with Gasteiger partial charge in [-0.05, 0) is 31.0 Å². The molecular formula is C11H13ClO2. The maximum Gasteiger partial charge on any atom is 0.165 e. The van der Waals surface area contributed by atoms with Gasteiger partial charge in [0.1, 0.15) is 6.10 Å². The van der Waals surface area contributed by atoms with Crippen LogP contribution in [0.3, 0.4) is 0 Å². The summed E-state index contributed by atoms with van der Waals surface area (Å²) in [6, 6.07) is 5.43. The van der Waals surface area contributed by atoms with E-state index in [9.17, 15) is 4.79 Å². The molecule has 2 nitrogen and oxygen atoms in total. The van der Waals surface area contributed by atoms with Crippen molar-refractivity contribution in [2.75, 3.05) is 0 Å². The predicted molar refractivity (Wildman–Crippen MR) is 56.6 cm³/mol. The molecule has 0 aromatic heterocycles. The number of Topliss-reactive ketones (excluding diaryl/α,β-unsaturated/α-hetero) is 1. The van der Waals surface area contributed by atoms with Gasteiger partial charge < -0.3 is 5.11 Å². The lowest BCUT2D eigenvalue weighted by Crippen LogP contribution is -2.18. The first-order valence-corrected chi connectivity index (χ1v) is 4.84. The average Bonchev–Trinajstić information content (AvgIpc) is 2.11. The molecule has 0 fully saturated rings. The summed E-state index contributed by atoms with van der Waals surface area (Å²) in [5.74, 6) is -0.174. The maximum atomic E-state index is 11.2. The zero-order valence-electron chi connectivity index (χ0n) is 8.25. The van der Waals surface area contributed by atoms with E-state index in [0.29, 0.717) is 5.02 Å². The lowest BCUT2D eigenvalue weighted by Gasteiger charge is -2.05. The summed E-state index contributed by atoms with van der Waals surface area (Å²) in [6.07, 6.45) is -0.638. The maximum absolute atomic E-state index is 11.2. The molecule has 0 bridgehead atoms. The third-order valence-electron chi connectivity index (χ3n) is 2.07. The second-order valence-corrected chi connectivity index (χ2v) is 3.81. The monoisotopic (exact) mass is 212 g/mol. The van der Waals surface area contributed by atoms with Crippen molar-refractivity contribution in [3.05, 3.63) is 34.3 Å². The van der Waals surface area contributed by atoms with Gasteiger partial charge in [0.2, 0.25) is 0 Å². The molecule has 0 amide bonds. The van der Waals surface area contributed by atoms with E-state index in [4.69, 9.17) is 16.7 Å². The molecule has 1 atom stereocenters. The van der Waals surface area contributed by atoms with Crippen LogP contribution in [0.25, 0.3) is 0 Å². The van der Waals surface area contributed by atoms with Crippen LogP contribution in [-0.4, -0.2) is 17.0 Å². The molecule has 1 unspecified atom stereocenters. The number of ketones is 1. The molecule has 0 saturated heterocycles. The van der Waals surface area contributed by atoms with Crippen molar-refractivity contribution >= 4 is 17.4 Å². The average molecular weight is 213 g/mol. The highest BCUT2D eigenvalue weighted by molar-refractivity contribution is 6.31. The van der Waals surface area contributed by atoms with Crippen LogP contribution in [0, 0.1) is 6.92 Å². The molecule has 0 aliphatic heterocycles. The summed E-state index contributed by atoms with van der Waals surface area (Å²) in [5.41, 5.74) is 1.83. The molecule has 1 aromatic carbocycles. The standard InChI is InChI=1S/C11H13ClO2/c1-7-5-9(3-4-10(7)12)6-11(14)8(2)13/h3-5,8,13H,6H2,1-2H3. The number of hydrogen-bond donors (Lipinski definition) is 1. The topological polar surface area (TPSA) is 37.3 Å². The number of rotatable bonds is 3. The predicted octanol–water partition coefficient (Wildman–Crippen LogP) is 2.14. The first kappa shape index (κ1) is 11.2. The Kier molecular flexibility index (Phi) is 3.67. The van der Waals surface area contributed by atoms with E-state index in [1.807, 2.05) is 13.0 Å². The summed E-state index contributed by atoms with van der Waals surface area (Å²) >= 11 is 5.85. The zero-order valence-corrected chi connectivity index (χ0v) is 9.01. The van der Waals surface area contributed by atoms with Crippen molar-refractivity contribution in [1.82, 2.24) is 0 Å². The van der Waals surface area contributed by atoms with Gasteiger partial charge in [0, 0.05) is 11.4 Å². The van der Waals surface area contributed by atoms with Gasteiger partial charge in [-0.1, -0.05) is 23.7 Å². The van der Waals surface area contributed by atoms with E-state index < -0.39 is 6.10 Å². The van der Waals surface area contributed by atoms with Crippen LogP contribution >= 0.6 is 11.6 Å². The number of carbonyl (C=O) groups excluding carboxylic acids is 1. The molecule has 0 aliphatic rings. The fraction of sp³-hybridized carbons (Fsp3) is 0.364. The molecule has 1 N–H and O–H groups in total. The highest BCUT2D eigenvalue weighted by Crippen LogP contribution is 2.16. The van der Waals surface area contributed by atoms with Crippen LogP contribution in [-0.2, 0) is 11.2 Å². The molecule has 0 aliphatic carbocycles. The van der Waals surface area contributed by atoms with E-state index in [1.54, 1.807) is 12.1 Å². The van der Waals surface area contributed by atoms with E-state index in [2.05, 4.69) is 0 Å². The number of aliphatic hydroxyl groups is 1. The first-order valence-electron chi connectivity index (χ1n) is 4.46. The fourth-order valence-electron chi connectivity index (χ4n) is 1.17. The van der Waals surface area contributed by atoms with E-state index in [1.165, 1.54) is 6.92 Å². The SMILES string of the molecule is Cc1cc(CC(=O)C(C)O)ccc1Cl. The fourth-order valence-corrected chi connectivity index (χ4v) is 1.28. The molecule has 3 heteroatoms. The number of hydrogen-bond acceptors (Lipinski definition) is 2. The van der Waals surface area contributed by atoms with Gasteiger partial charge in [0.25, 0.3) is 0 Å². The lowest BCUT2D eigenvalue weighted by atomic mass is 10.0. The van der Waals surface area contributed by atoms with Crippen molar-refractivity contribution in [3.63, 3.8) is 0 Å². The van der Waals surface area contributed by atoms with E-state index >= 15 is 0 Å². The number of benzene rings is 1. The molecule has 0 heterocycles. The van der Waals surface area contributed by atoms with Crippen LogP contribution in [0.1, 0.15) is 18.1 Å². The number of aliphatic hydroxyl groups excluding tert-OH is 1. The summed E-state index contributed by atoms with van der Waals surface area (Å²) in [6.45, 7) is 3.36. The van der Waals surface area contributed by atoms with Crippen molar-refractivity contribution in [2.45, 2.75) is 26.4 Å². The third-order valence-corrected chi connectivity index (χ3v) is 2.49. The molecular weight excluding hydrogens is 200 g/mol. The Morgan fingerprint density at radius 3 is 2.71 bits per heavy atom. The van der Waals surface area contributed by atoms with Gasteiger partial charge in [-0.2, -0.15) is 0 Å². The Morgan fingerprint density at radius 1 is 1.57 bits per heavy atom. The number of aryl methyl sites for hydroxylation is 1. The summed E-state index contributed by atoms with van der Waals surface area (Å²) in [4.78, 5) is 11.2. The Morgan fingerprint density at radius 2 is 2.21 bits per heavy atom. The minimum Gasteiger partial charge on any atom is -0.386 e. The molecule has 1 aromatic rings. The van der Waals surface area contributed by atoms with Crippen LogP contribution in [0.4, 0.5) is 0 Å². The number of carbonyl (C=O) groups is 1. The molecule has 0 radical (unpaired) electrons. The van der Waals surface area contributed by atoms with Crippen molar-refractivity contribution in [2.24, 2.45) is 0 Å². The zero-order chi connectivity index (χ0) is 10.7. The summed E-state index contributed by atoms with van der Waals surface area (Å²) in [7, 11) is 0. The molecule has 0 saturated carbocycles.